The van der Waals surface area contributed by atoms with Gasteiger partial charge in [-0.25, -0.2) is 0 Å². The molecule has 0 bridgehead atoms. The van der Waals surface area contributed by atoms with Crippen molar-refractivity contribution in [3.63, 3.8) is 0 Å². The van der Waals surface area contributed by atoms with E-state index in [1.54, 1.807) is 0 Å². The maximum Gasteiger partial charge on any atom is 0.298 e. The SMILES string of the molecule is Nc1ccc2oc(N3CCCC3)nc2c1. The topological polar surface area (TPSA) is 55.3 Å². The lowest BCUT2D eigenvalue weighted by molar-refractivity contribution is 0.585. The minimum Gasteiger partial charge on any atom is -0.423 e. The lowest BCUT2D eigenvalue weighted by atomic mass is 10.3. The molecule has 1 aliphatic rings. The largest absolute Gasteiger partial charge is 0.423 e. The Morgan fingerprint density at radius 2 is 2.07 bits per heavy atom. The van der Waals surface area contributed by atoms with Crippen LogP contribution in [-0.4, -0.2) is 18.1 Å². The number of nitrogens with zero attached hydrogens (tertiary/aromatic N) is 2. The van der Waals surface area contributed by atoms with Crippen LogP contribution in [0.3, 0.4) is 0 Å². The van der Waals surface area contributed by atoms with Crippen molar-refractivity contribution in [2.75, 3.05) is 23.7 Å². The van der Waals surface area contributed by atoms with Gasteiger partial charge in [-0.3, -0.25) is 0 Å². The molecule has 1 aromatic carbocycles. The van der Waals surface area contributed by atoms with Crippen molar-refractivity contribution in [1.82, 2.24) is 4.98 Å². The van der Waals surface area contributed by atoms with Crippen LogP contribution >= 0.6 is 0 Å². The Balaban J connectivity index is 2.05. The number of aromatic nitrogens is 1. The van der Waals surface area contributed by atoms with Gasteiger partial charge in [0, 0.05) is 18.8 Å². The van der Waals surface area contributed by atoms with Gasteiger partial charge in [-0.2, -0.15) is 4.98 Å². The summed E-state index contributed by atoms with van der Waals surface area (Å²) in [5, 5.41) is 0. The van der Waals surface area contributed by atoms with Gasteiger partial charge < -0.3 is 15.1 Å². The maximum atomic E-state index is 5.69. The smallest absolute Gasteiger partial charge is 0.298 e. The van der Waals surface area contributed by atoms with Crippen LogP contribution in [0, 0.1) is 0 Å². The van der Waals surface area contributed by atoms with Crippen LogP contribution in [0.25, 0.3) is 11.1 Å². The number of rotatable bonds is 1. The van der Waals surface area contributed by atoms with Crippen LogP contribution in [0.5, 0.6) is 0 Å². The molecular weight excluding hydrogens is 190 g/mol. The number of hydrogen-bond acceptors (Lipinski definition) is 4. The Kier molecular flexibility index (Phi) is 1.80. The van der Waals surface area contributed by atoms with E-state index in [0.29, 0.717) is 0 Å². The molecule has 1 aromatic heterocycles. The zero-order chi connectivity index (χ0) is 10.3. The van der Waals surface area contributed by atoms with Gasteiger partial charge in [0.1, 0.15) is 5.52 Å². The molecule has 0 amide bonds. The molecule has 2 heterocycles. The predicted molar refractivity (Wildman–Crippen MR) is 59.9 cm³/mol. The molecule has 0 atom stereocenters. The maximum absolute atomic E-state index is 5.69. The van der Waals surface area contributed by atoms with Gasteiger partial charge in [-0.15, -0.1) is 0 Å². The number of hydrogen-bond donors (Lipinski definition) is 1. The van der Waals surface area contributed by atoms with E-state index in [-0.39, 0.29) is 0 Å². The minimum atomic E-state index is 0.726. The van der Waals surface area contributed by atoms with Crippen LogP contribution in [0.4, 0.5) is 11.7 Å². The summed E-state index contributed by atoms with van der Waals surface area (Å²) < 4.78 is 5.67. The molecule has 1 saturated heterocycles. The van der Waals surface area contributed by atoms with E-state index in [2.05, 4.69) is 9.88 Å². The second-order valence-electron chi connectivity index (χ2n) is 3.92. The van der Waals surface area contributed by atoms with E-state index in [4.69, 9.17) is 10.2 Å². The predicted octanol–water partition coefficient (Wildman–Crippen LogP) is 2.01. The zero-order valence-corrected chi connectivity index (χ0v) is 8.44. The summed E-state index contributed by atoms with van der Waals surface area (Å²) in [5.74, 6) is 0. The van der Waals surface area contributed by atoms with Crippen molar-refractivity contribution in [1.29, 1.82) is 0 Å². The van der Waals surface area contributed by atoms with E-state index in [1.807, 2.05) is 18.2 Å². The standard InChI is InChI=1S/C11H13N3O/c12-8-3-4-10-9(7-8)13-11(15-10)14-5-1-2-6-14/h3-4,7H,1-2,5-6,12H2. The van der Waals surface area contributed by atoms with Crippen LogP contribution in [0.1, 0.15) is 12.8 Å². The molecule has 0 unspecified atom stereocenters. The number of nitrogen functional groups attached to an aromatic ring is 1. The number of anilines is 2. The number of oxazole rings is 1. The quantitative estimate of drug-likeness (QED) is 0.720. The van der Waals surface area contributed by atoms with E-state index >= 15 is 0 Å². The first-order valence-corrected chi connectivity index (χ1v) is 5.24. The highest BCUT2D eigenvalue weighted by Crippen LogP contribution is 2.25. The van der Waals surface area contributed by atoms with Crippen molar-refractivity contribution < 1.29 is 4.42 Å². The molecule has 3 rings (SSSR count). The number of benzene rings is 1. The lowest BCUT2D eigenvalue weighted by Gasteiger charge is -2.10. The Morgan fingerprint density at radius 3 is 2.87 bits per heavy atom. The fourth-order valence-corrected chi connectivity index (χ4v) is 1.98. The van der Waals surface area contributed by atoms with Crippen molar-refractivity contribution in [3.8, 4) is 0 Å². The summed E-state index contributed by atoms with van der Waals surface area (Å²) >= 11 is 0. The van der Waals surface area contributed by atoms with Gasteiger partial charge in [-0.05, 0) is 31.0 Å². The highest BCUT2D eigenvalue weighted by atomic mass is 16.4. The summed E-state index contributed by atoms with van der Waals surface area (Å²) in [5.41, 5.74) is 8.07. The Hall–Kier alpha value is -1.71. The van der Waals surface area contributed by atoms with E-state index < -0.39 is 0 Å². The van der Waals surface area contributed by atoms with Gasteiger partial charge in [-0.1, -0.05) is 0 Å². The molecular formula is C11H13N3O. The van der Waals surface area contributed by atoms with Gasteiger partial charge in [0.05, 0.1) is 0 Å². The second-order valence-corrected chi connectivity index (χ2v) is 3.92. The van der Waals surface area contributed by atoms with Crippen molar-refractivity contribution >= 4 is 22.8 Å². The van der Waals surface area contributed by atoms with Crippen molar-refractivity contribution in [2.45, 2.75) is 12.8 Å². The molecule has 2 N–H and O–H groups in total. The fraction of sp³-hybridized carbons (Fsp3) is 0.364. The molecule has 1 fully saturated rings. The molecule has 2 aromatic rings. The molecule has 4 heteroatoms. The third-order valence-corrected chi connectivity index (χ3v) is 2.78. The van der Waals surface area contributed by atoms with Crippen LogP contribution in [0.15, 0.2) is 22.6 Å². The second kappa shape index (κ2) is 3.15. The van der Waals surface area contributed by atoms with Gasteiger partial charge in [0.2, 0.25) is 0 Å². The minimum absolute atomic E-state index is 0.726. The summed E-state index contributed by atoms with van der Waals surface area (Å²) in [6.07, 6.45) is 2.45. The zero-order valence-electron chi connectivity index (χ0n) is 8.44. The van der Waals surface area contributed by atoms with Crippen molar-refractivity contribution in [2.24, 2.45) is 0 Å². The first kappa shape index (κ1) is 8.59. The molecule has 15 heavy (non-hydrogen) atoms. The summed E-state index contributed by atoms with van der Waals surface area (Å²) in [4.78, 5) is 6.61. The molecule has 1 aliphatic heterocycles. The van der Waals surface area contributed by atoms with E-state index in [0.717, 1.165) is 35.9 Å². The monoisotopic (exact) mass is 203 g/mol. The van der Waals surface area contributed by atoms with Crippen LogP contribution in [0.2, 0.25) is 0 Å². The Bertz CT molecular complexity index is 486. The third-order valence-electron chi connectivity index (χ3n) is 2.78. The average molecular weight is 203 g/mol. The molecule has 0 radical (unpaired) electrons. The number of nitrogens with two attached hydrogens (primary N) is 1. The first-order chi connectivity index (χ1) is 7.33. The van der Waals surface area contributed by atoms with Crippen molar-refractivity contribution in [3.05, 3.63) is 18.2 Å². The summed E-state index contributed by atoms with van der Waals surface area (Å²) in [6, 6.07) is 6.28. The summed E-state index contributed by atoms with van der Waals surface area (Å²) in [7, 11) is 0. The molecule has 78 valence electrons. The fourth-order valence-electron chi connectivity index (χ4n) is 1.98. The molecule has 0 saturated carbocycles. The van der Waals surface area contributed by atoms with Crippen LogP contribution in [-0.2, 0) is 0 Å². The highest BCUT2D eigenvalue weighted by molar-refractivity contribution is 5.78. The van der Waals surface area contributed by atoms with E-state index in [1.165, 1.54) is 12.8 Å². The van der Waals surface area contributed by atoms with Crippen LogP contribution < -0.4 is 10.6 Å². The highest BCUT2D eigenvalue weighted by Gasteiger charge is 2.17. The van der Waals surface area contributed by atoms with Gasteiger partial charge >= 0.3 is 0 Å². The Morgan fingerprint density at radius 1 is 1.27 bits per heavy atom. The van der Waals surface area contributed by atoms with Gasteiger partial charge in [0.15, 0.2) is 5.58 Å². The molecule has 0 aliphatic carbocycles. The molecule has 0 spiro atoms. The average Bonchev–Trinajstić information content (AvgIpc) is 2.84. The Labute approximate surface area is 87.7 Å². The lowest BCUT2D eigenvalue weighted by Crippen LogP contribution is -2.17. The third kappa shape index (κ3) is 1.42. The van der Waals surface area contributed by atoms with Gasteiger partial charge in [0.25, 0.3) is 6.01 Å². The number of fused-ring (bicyclic) bond motifs is 1. The summed E-state index contributed by atoms with van der Waals surface area (Å²) in [6.45, 7) is 2.09. The molecule has 4 nitrogen and oxygen atoms in total. The van der Waals surface area contributed by atoms with E-state index in [9.17, 15) is 0 Å². The first-order valence-electron chi connectivity index (χ1n) is 5.24. The normalized spacial score (nSPS) is 16.4.